The number of rotatable bonds is 4. The summed E-state index contributed by atoms with van der Waals surface area (Å²) < 4.78 is 1.14. The van der Waals surface area contributed by atoms with Gasteiger partial charge in [0, 0.05) is 28.2 Å². The van der Waals surface area contributed by atoms with Crippen molar-refractivity contribution in [1.82, 2.24) is 10.4 Å². The molecule has 0 aliphatic carbocycles. The van der Waals surface area contributed by atoms with Gasteiger partial charge in [0.2, 0.25) is 0 Å². The minimum Gasteiger partial charge on any atom is -0.271 e. The van der Waals surface area contributed by atoms with E-state index in [2.05, 4.69) is 44.7 Å². The average Bonchev–Trinajstić information content (AvgIpc) is 2.73. The fraction of sp³-hybridized carbons (Fsp3) is 0.250. The molecule has 17 heavy (non-hydrogen) atoms. The van der Waals surface area contributed by atoms with Gasteiger partial charge in [0.1, 0.15) is 0 Å². The van der Waals surface area contributed by atoms with E-state index in [1.165, 1.54) is 10.4 Å². The van der Waals surface area contributed by atoms with Gasteiger partial charge in [0.25, 0.3) is 0 Å². The summed E-state index contributed by atoms with van der Waals surface area (Å²) in [4.78, 5) is 5.45. The summed E-state index contributed by atoms with van der Waals surface area (Å²) in [7, 11) is 0. The first kappa shape index (κ1) is 12.7. The number of hydrogen-bond acceptors (Lipinski definition) is 4. The van der Waals surface area contributed by atoms with Gasteiger partial charge in [-0.15, -0.1) is 11.3 Å². The Hall–Kier alpha value is -0.750. The van der Waals surface area contributed by atoms with E-state index in [-0.39, 0.29) is 6.04 Å². The van der Waals surface area contributed by atoms with Crippen LogP contribution in [0, 0.1) is 6.92 Å². The Bertz CT molecular complexity index is 498. The Kier molecular flexibility index (Phi) is 4.28. The molecule has 2 heterocycles. The minimum atomic E-state index is 0.0960. The van der Waals surface area contributed by atoms with Crippen LogP contribution in [0.25, 0.3) is 0 Å². The highest BCUT2D eigenvalue weighted by Gasteiger charge is 2.15. The predicted octanol–water partition coefficient (Wildman–Crippen LogP) is 2.96. The zero-order valence-electron chi connectivity index (χ0n) is 9.48. The smallest absolute Gasteiger partial charge is 0.0526 e. The quantitative estimate of drug-likeness (QED) is 0.674. The van der Waals surface area contributed by atoms with E-state index in [4.69, 9.17) is 5.84 Å². The molecule has 0 aromatic carbocycles. The van der Waals surface area contributed by atoms with Crippen molar-refractivity contribution < 1.29 is 0 Å². The number of pyridine rings is 1. The standard InChI is InChI=1S/C12H14BrN3S/c1-8-2-4-15-7-9(8)11(16-14)6-12-10(13)3-5-17-12/h2-5,7,11,16H,6,14H2,1H3. The summed E-state index contributed by atoms with van der Waals surface area (Å²) in [6.45, 7) is 2.07. The summed E-state index contributed by atoms with van der Waals surface area (Å²) in [5.41, 5.74) is 5.22. The third-order valence-electron chi connectivity index (χ3n) is 2.74. The fourth-order valence-electron chi connectivity index (χ4n) is 1.76. The van der Waals surface area contributed by atoms with Gasteiger partial charge in [0.15, 0.2) is 0 Å². The summed E-state index contributed by atoms with van der Waals surface area (Å²) in [5.74, 6) is 5.65. The molecule has 0 aliphatic rings. The first-order valence-corrected chi connectivity index (χ1v) is 6.98. The van der Waals surface area contributed by atoms with Crippen molar-refractivity contribution in [3.05, 3.63) is 50.4 Å². The molecule has 3 nitrogen and oxygen atoms in total. The summed E-state index contributed by atoms with van der Waals surface area (Å²) >= 11 is 5.27. The Morgan fingerprint density at radius 2 is 2.35 bits per heavy atom. The molecule has 2 aromatic heterocycles. The largest absolute Gasteiger partial charge is 0.271 e. The topological polar surface area (TPSA) is 50.9 Å². The molecule has 0 saturated heterocycles. The maximum atomic E-state index is 5.65. The van der Waals surface area contributed by atoms with Crippen LogP contribution in [0.15, 0.2) is 34.4 Å². The first-order chi connectivity index (χ1) is 8.22. The van der Waals surface area contributed by atoms with Gasteiger partial charge < -0.3 is 0 Å². The highest BCUT2D eigenvalue weighted by molar-refractivity contribution is 9.10. The highest BCUT2D eigenvalue weighted by Crippen LogP contribution is 2.28. The van der Waals surface area contributed by atoms with E-state index < -0.39 is 0 Å². The molecular weight excluding hydrogens is 298 g/mol. The van der Waals surface area contributed by atoms with Crippen LogP contribution in [0.2, 0.25) is 0 Å². The number of halogens is 1. The second kappa shape index (κ2) is 5.73. The lowest BCUT2D eigenvalue weighted by Crippen LogP contribution is -2.30. The van der Waals surface area contributed by atoms with Crippen molar-refractivity contribution in [1.29, 1.82) is 0 Å². The number of hydrogen-bond donors (Lipinski definition) is 2. The monoisotopic (exact) mass is 311 g/mol. The van der Waals surface area contributed by atoms with E-state index in [1.807, 2.05) is 12.3 Å². The normalized spacial score (nSPS) is 12.6. The summed E-state index contributed by atoms with van der Waals surface area (Å²) in [6.07, 6.45) is 4.54. The number of nitrogens with one attached hydrogen (secondary N) is 1. The van der Waals surface area contributed by atoms with E-state index in [9.17, 15) is 0 Å². The van der Waals surface area contributed by atoms with Gasteiger partial charge in [-0.3, -0.25) is 16.3 Å². The second-order valence-corrected chi connectivity index (χ2v) is 5.70. The maximum Gasteiger partial charge on any atom is 0.0526 e. The average molecular weight is 312 g/mol. The number of aromatic nitrogens is 1. The molecule has 0 radical (unpaired) electrons. The molecule has 0 bridgehead atoms. The van der Waals surface area contributed by atoms with Crippen molar-refractivity contribution in [3.63, 3.8) is 0 Å². The van der Waals surface area contributed by atoms with Crippen LogP contribution in [-0.4, -0.2) is 4.98 Å². The minimum absolute atomic E-state index is 0.0960. The molecule has 2 rings (SSSR count). The number of nitrogens with zero attached hydrogens (tertiary/aromatic N) is 1. The number of aryl methyl sites for hydroxylation is 1. The molecule has 5 heteroatoms. The van der Waals surface area contributed by atoms with Crippen LogP contribution in [-0.2, 0) is 6.42 Å². The molecular formula is C12H14BrN3S. The zero-order chi connectivity index (χ0) is 12.3. The van der Waals surface area contributed by atoms with Crippen molar-refractivity contribution >= 4 is 27.3 Å². The van der Waals surface area contributed by atoms with Crippen LogP contribution in [0.4, 0.5) is 0 Å². The van der Waals surface area contributed by atoms with Crippen molar-refractivity contribution in [3.8, 4) is 0 Å². The number of nitrogens with two attached hydrogens (primary N) is 1. The molecule has 0 fully saturated rings. The molecule has 0 spiro atoms. The lowest BCUT2D eigenvalue weighted by atomic mass is 10.0. The molecule has 0 amide bonds. The van der Waals surface area contributed by atoms with Crippen LogP contribution < -0.4 is 11.3 Å². The molecule has 90 valence electrons. The third kappa shape index (κ3) is 2.93. The lowest BCUT2D eigenvalue weighted by Gasteiger charge is -2.17. The van der Waals surface area contributed by atoms with Gasteiger partial charge in [0.05, 0.1) is 6.04 Å². The predicted molar refractivity (Wildman–Crippen MR) is 74.8 cm³/mol. The van der Waals surface area contributed by atoms with Crippen LogP contribution >= 0.6 is 27.3 Å². The SMILES string of the molecule is Cc1ccncc1C(Cc1sccc1Br)NN. The highest BCUT2D eigenvalue weighted by atomic mass is 79.9. The van der Waals surface area contributed by atoms with Gasteiger partial charge >= 0.3 is 0 Å². The van der Waals surface area contributed by atoms with Gasteiger partial charge in [-0.2, -0.15) is 0 Å². The summed E-state index contributed by atoms with van der Waals surface area (Å²) in [6, 6.07) is 4.16. The zero-order valence-corrected chi connectivity index (χ0v) is 11.9. The Balaban J connectivity index is 2.23. The lowest BCUT2D eigenvalue weighted by molar-refractivity contribution is 0.550. The maximum absolute atomic E-state index is 5.65. The molecule has 1 unspecified atom stereocenters. The molecule has 3 N–H and O–H groups in total. The van der Waals surface area contributed by atoms with Gasteiger partial charge in [-0.05, 0) is 51.5 Å². The summed E-state index contributed by atoms with van der Waals surface area (Å²) in [5, 5.41) is 2.07. The molecule has 0 aliphatic heterocycles. The molecule has 0 saturated carbocycles. The Morgan fingerprint density at radius 3 is 2.94 bits per heavy atom. The number of hydrazine groups is 1. The Morgan fingerprint density at radius 1 is 1.53 bits per heavy atom. The van der Waals surface area contributed by atoms with E-state index >= 15 is 0 Å². The van der Waals surface area contributed by atoms with Gasteiger partial charge in [-0.25, -0.2) is 0 Å². The molecule has 1 atom stereocenters. The van der Waals surface area contributed by atoms with Crippen molar-refractivity contribution in [2.75, 3.05) is 0 Å². The third-order valence-corrected chi connectivity index (χ3v) is 4.69. The van der Waals surface area contributed by atoms with Crippen LogP contribution in [0.3, 0.4) is 0 Å². The van der Waals surface area contributed by atoms with E-state index in [0.717, 1.165) is 16.5 Å². The van der Waals surface area contributed by atoms with E-state index in [0.29, 0.717) is 0 Å². The van der Waals surface area contributed by atoms with Gasteiger partial charge in [-0.1, -0.05) is 0 Å². The second-order valence-electron chi connectivity index (χ2n) is 3.85. The number of thiophene rings is 1. The van der Waals surface area contributed by atoms with Crippen molar-refractivity contribution in [2.45, 2.75) is 19.4 Å². The van der Waals surface area contributed by atoms with Crippen LogP contribution in [0.5, 0.6) is 0 Å². The van der Waals surface area contributed by atoms with Crippen LogP contribution in [0.1, 0.15) is 22.0 Å². The van der Waals surface area contributed by atoms with E-state index in [1.54, 1.807) is 17.5 Å². The fourth-order valence-corrected chi connectivity index (χ4v) is 3.32. The van der Waals surface area contributed by atoms with Crippen molar-refractivity contribution in [2.24, 2.45) is 5.84 Å². The molecule has 2 aromatic rings. The Labute approximate surface area is 113 Å². The first-order valence-electron chi connectivity index (χ1n) is 5.31.